The number of pyridine rings is 1. The molecule has 2 N–H and O–H groups in total. The molecular weight excluding hydrogens is 150 g/mol. The molecule has 0 radical (unpaired) electrons. The Morgan fingerprint density at radius 3 is 2.75 bits per heavy atom. The van der Waals surface area contributed by atoms with Gasteiger partial charge in [-0.05, 0) is 31.6 Å². The van der Waals surface area contributed by atoms with Crippen molar-refractivity contribution in [3.05, 3.63) is 24.0 Å². The molecule has 0 amide bonds. The van der Waals surface area contributed by atoms with Crippen molar-refractivity contribution in [3.63, 3.8) is 0 Å². The van der Waals surface area contributed by atoms with E-state index in [-0.39, 0.29) is 0 Å². The molecule has 1 aromatic heterocycles. The van der Waals surface area contributed by atoms with Crippen LogP contribution in [0.25, 0.3) is 0 Å². The lowest BCUT2D eigenvalue weighted by atomic mass is 10.2. The summed E-state index contributed by atoms with van der Waals surface area (Å²) in [6.45, 7) is 3.40. The molecule has 0 bridgehead atoms. The van der Waals surface area contributed by atoms with Crippen LogP contribution in [0.2, 0.25) is 0 Å². The van der Waals surface area contributed by atoms with Gasteiger partial charge in [0.25, 0.3) is 0 Å². The second-order valence-corrected chi connectivity index (χ2v) is 3.21. The van der Waals surface area contributed by atoms with Crippen molar-refractivity contribution in [1.82, 2.24) is 9.88 Å². The highest BCUT2D eigenvalue weighted by molar-refractivity contribution is 5.34. The van der Waals surface area contributed by atoms with Gasteiger partial charge < -0.3 is 5.73 Å². The van der Waals surface area contributed by atoms with E-state index in [1.807, 2.05) is 12.1 Å². The molecule has 1 aliphatic rings. The fraction of sp³-hybridized carbons (Fsp3) is 0.444. The first-order valence-electron chi connectivity index (χ1n) is 4.27. The van der Waals surface area contributed by atoms with Crippen molar-refractivity contribution in [2.75, 3.05) is 18.8 Å². The molecule has 0 aromatic carbocycles. The molecule has 2 rings (SSSR count). The monoisotopic (exact) mass is 163 g/mol. The first kappa shape index (κ1) is 7.55. The molecule has 1 fully saturated rings. The van der Waals surface area contributed by atoms with Crippen LogP contribution in [0.3, 0.4) is 0 Å². The Morgan fingerprint density at radius 2 is 2.25 bits per heavy atom. The maximum absolute atomic E-state index is 5.53. The van der Waals surface area contributed by atoms with Crippen LogP contribution in [0, 0.1) is 0 Å². The number of hydrogen-bond acceptors (Lipinski definition) is 3. The van der Waals surface area contributed by atoms with Crippen LogP contribution >= 0.6 is 0 Å². The van der Waals surface area contributed by atoms with Crippen LogP contribution in [-0.4, -0.2) is 23.0 Å². The SMILES string of the molecule is Nc1ccc(CN2CCC2)nc1. The summed E-state index contributed by atoms with van der Waals surface area (Å²) in [5.74, 6) is 0. The third-order valence-electron chi connectivity index (χ3n) is 2.18. The molecule has 0 aliphatic carbocycles. The van der Waals surface area contributed by atoms with Crippen molar-refractivity contribution in [1.29, 1.82) is 0 Å². The minimum Gasteiger partial charge on any atom is -0.397 e. The van der Waals surface area contributed by atoms with Gasteiger partial charge in [0.1, 0.15) is 0 Å². The van der Waals surface area contributed by atoms with Crippen LogP contribution in [0.1, 0.15) is 12.1 Å². The molecule has 0 unspecified atom stereocenters. The first-order chi connectivity index (χ1) is 5.84. The Hall–Kier alpha value is -1.09. The fourth-order valence-corrected chi connectivity index (χ4v) is 1.30. The standard InChI is InChI=1S/C9H13N3/c10-8-2-3-9(11-6-8)7-12-4-1-5-12/h2-3,6H,1,4-5,7,10H2. The van der Waals surface area contributed by atoms with Gasteiger partial charge in [-0.2, -0.15) is 0 Å². The fourth-order valence-electron chi connectivity index (χ4n) is 1.30. The molecule has 3 heteroatoms. The number of anilines is 1. The van der Waals surface area contributed by atoms with Crippen LogP contribution < -0.4 is 5.73 Å². The molecule has 3 nitrogen and oxygen atoms in total. The lowest BCUT2D eigenvalue weighted by Crippen LogP contribution is -2.36. The predicted molar refractivity (Wildman–Crippen MR) is 48.5 cm³/mol. The smallest absolute Gasteiger partial charge is 0.0545 e. The normalized spacial score (nSPS) is 17.3. The Balaban J connectivity index is 1.98. The average Bonchev–Trinajstić information content (AvgIpc) is 2.00. The first-order valence-corrected chi connectivity index (χ1v) is 4.27. The van der Waals surface area contributed by atoms with Crippen LogP contribution in [0.5, 0.6) is 0 Å². The number of rotatable bonds is 2. The van der Waals surface area contributed by atoms with Gasteiger partial charge in [0.05, 0.1) is 17.6 Å². The topological polar surface area (TPSA) is 42.1 Å². The van der Waals surface area contributed by atoms with Gasteiger partial charge in [-0.15, -0.1) is 0 Å². The second kappa shape index (κ2) is 3.11. The van der Waals surface area contributed by atoms with Crippen LogP contribution in [0.15, 0.2) is 18.3 Å². The van der Waals surface area contributed by atoms with Gasteiger partial charge in [-0.25, -0.2) is 0 Å². The van der Waals surface area contributed by atoms with E-state index in [0.29, 0.717) is 0 Å². The maximum atomic E-state index is 5.53. The second-order valence-electron chi connectivity index (χ2n) is 3.21. The Bertz CT molecular complexity index is 251. The summed E-state index contributed by atoms with van der Waals surface area (Å²) in [5.41, 5.74) is 7.38. The van der Waals surface area contributed by atoms with E-state index >= 15 is 0 Å². The summed E-state index contributed by atoms with van der Waals surface area (Å²) in [6, 6.07) is 3.90. The molecule has 64 valence electrons. The van der Waals surface area contributed by atoms with Crippen molar-refractivity contribution < 1.29 is 0 Å². The zero-order valence-corrected chi connectivity index (χ0v) is 7.03. The lowest BCUT2D eigenvalue weighted by Gasteiger charge is -2.30. The number of aromatic nitrogens is 1. The number of nitrogen functional groups attached to an aromatic ring is 1. The molecule has 2 heterocycles. The summed E-state index contributed by atoms with van der Waals surface area (Å²) in [5, 5.41) is 0. The summed E-state index contributed by atoms with van der Waals surface area (Å²) in [7, 11) is 0. The predicted octanol–water partition coefficient (Wildman–Crippen LogP) is 0.870. The lowest BCUT2D eigenvalue weighted by molar-refractivity contribution is 0.170. The van der Waals surface area contributed by atoms with Gasteiger partial charge >= 0.3 is 0 Å². The van der Waals surface area contributed by atoms with Crippen LogP contribution in [0.4, 0.5) is 5.69 Å². The van der Waals surface area contributed by atoms with Gasteiger partial charge in [-0.3, -0.25) is 9.88 Å². The Labute approximate surface area is 72.2 Å². The summed E-state index contributed by atoms with van der Waals surface area (Å²) in [4.78, 5) is 6.61. The zero-order valence-electron chi connectivity index (χ0n) is 7.03. The third-order valence-corrected chi connectivity index (χ3v) is 2.18. The van der Waals surface area contributed by atoms with Crippen molar-refractivity contribution >= 4 is 5.69 Å². The summed E-state index contributed by atoms with van der Waals surface area (Å²) >= 11 is 0. The van der Waals surface area contributed by atoms with E-state index in [2.05, 4.69) is 9.88 Å². The van der Waals surface area contributed by atoms with E-state index in [0.717, 1.165) is 17.9 Å². The summed E-state index contributed by atoms with van der Waals surface area (Å²) in [6.07, 6.45) is 3.05. The highest BCUT2D eigenvalue weighted by Crippen LogP contribution is 2.10. The largest absolute Gasteiger partial charge is 0.397 e. The van der Waals surface area contributed by atoms with E-state index in [9.17, 15) is 0 Å². The van der Waals surface area contributed by atoms with E-state index < -0.39 is 0 Å². The number of hydrogen-bond donors (Lipinski definition) is 1. The molecule has 1 saturated heterocycles. The van der Waals surface area contributed by atoms with Crippen molar-refractivity contribution in [2.24, 2.45) is 0 Å². The highest BCUT2D eigenvalue weighted by atomic mass is 15.2. The minimum absolute atomic E-state index is 0.738. The molecule has 0 spiro atoms. The van der Waals surface area contributed by atoms with Crippen molar-refractivity contribution in [2.45, 2.75) is 13.0 Å². The molecule has 1 aliphatic heterocycles. The minimum atomic E-state index is 0.738. The Morgan fingerprint density at radius 1 is 1.42 bits per heavy atom. The van der Waals surface area contributed by atoms with E-state index in [1.54, 1.807) is 6.20 Å². The van der Waals surface area contributed by atoms with Crippen molar-refractivity contribution in [3.8, 4) is 0 Å². The summed E-state index contributed by atoms with van der Waals surface area (Å²) < 4.78 is 0. The third kappa shape index (κ3) is 1.56. The van der Waals surface area contributed by atoms with Crippen LogP contribution in [-0.2, 0) is 6.54 Å². The number of likely N-dealkylation sites (tertiary alicyclic amines) is 1. The maximum Gasteiger partial charge on any atom is 0.0545 e. The Kier molecular flexibility index (Phi) is 1.96. The number of nitrogens with two attached hydrogens (primary N) is 1. The van der Waals surface area contributed by atoms with E-state index in [4.69, 9.17) is 5.73 Å². The van der Waals surface area contributed by atoms with Gasteiger partial charge in [0.15, 0.2) is 0 Å². The molecule has 1 aromatic rings. The van der Waals surface area contributed by atoms with Gasteiger partial charge in [0.2, 0.25) is 0 Å². The molecule has 12 heavy (non-hydrogen) atoms. The number of nitrogens with zero attached hydrogens (tertiary/aromatic N) is 2. The van der Waals surface area contributed by atoms with E-state index in [1.165, 1.54) is 19.5 Å². The molecular formula is C9H13N3. The van der Waals surface area contributed by atoms with Gasteiger partial charge in [0, 0.05) is 6.54 Å². The average molecular weight is 163 g/mol. The highest BCUT2D eigenvalue weighted by Gasteiger charge is 2.13. The zero-order chi connectivity index (χ0) is 8.39. The molecule has 0 saturated carbocycles. The quantitative estimate of drug-likeness (QED) is 0.703. The molecule has 0 atom stereocenters. The van der Waals surface area contributed by atoms with Gasteiger partial charge in [-0.1, -0.05) is 0 Å².